The molecule has 2 rings (SSSR count). The molecule has 2 aromatic carbocycles. The van der Waals surface area contributed by atoms with Gasteiger partial charge in [-0.1, -0.05) is 28.0 Å². The number of ether oxygens (including phenoxy) is 2. The molecule has 0 heterocycles. The van der Waals surface area contributed by atoms with Crippen molar-refractivity contribution >= 4 is 23.5 Å². The van der Waals surface area contributed by atoms with Crippen molar-refractivity contribution in [3.05, 3.63) is 58.6 Å². The molecule has 0 aliphatic heterocycles. The van der Waals surface area contributed by atoms with Crippen molar-refractivity contribution in [2.45, 2.75) is 13.3 Å². The van der Waals surface area contributed by atoms with Gasteiger partial charge in [0.05, 0.1) is 25.0 Å². The van der Waals surface area contributed by atoms with Crippen LogP contribution in [-0.4, -0.2) is 40.4 Å². The zero-order valence-corrected chi connectivity index (χ0v) is 17.0. The van der Waals surface area contributed by atoms with Crippen molar-refractivity contribution in [1.82, 2.24) is 0 Å². The summed E-state index contributed by atoms with van der Waals surface area (Å²) in [6.45, 7) is 1.89. The highest BCUT2D eigenvalue weighted by Gasteiger charge is 2.00. The summed E-state index contributed by atoms with van der Waals surface area (Å²) in [5.41, 5.74) is 2.95. The van der Waals surface area contributed by atoms with Crippen molar-refractivity contribution in [3.63, 3.8) is 0 Å². The van der Waals surface area contributed by atoms with Crippen LogP contribution in [-0.2, 0) is 16.1 Å². The van der Waals surface area contributed by atoms with Crippen LogP contribution in [0.4, 0.5) is 0 Å². The van der Waals surface area contributed by atoms with Crippen LogP contribution in [0.25, 0.3) is 0 Å². The first-order valence-electron chi connectivity index (χ1n) is 8.15. The predicted molar refractivity (Wildman–Crippen MR) is 109 cm³/mol. The second-order valence-corrected chi connectivity index (χ2v) is 5.64. The van der Waals surface area contributed by atoms with Gasteiger partial charge in [-0.05, 0) is 54.4 Å². The smallest absolute Gasteiger partial charge is 0.137 e. The first-order chi connectivity index (χ1) is 13.0. The first-order valence-corrected chi connectivity index (χ1v) is 8.53. The Morgan fingerprint density at radius 3 is 2.19 bits per heavy atom. The molecule has 146 valence electrons. The fraction of sp³-hybridized carbons (Fsp3) is 0.300. The van der Waals surface area contributed by atoms with Crippen molar-refractivity contribution < 1.29 is 19.1 Å². The molecule has 0 radical (unpaired) electrons. The zero-order chi connectivity index (χ0) is 20.1. The maximum absolute atomic E-state index is 5.94. The third-order valence-electron chi connectivity index (χ3n) is 3.46. The molecule has 0 amide bonds. The lowest BCUT2D eigenvalue weighted by Gasteiger charge is -2.03. The highest BCUT2D eigenvalue weighted by atomic mass is 35.5. The van der Waals surface area contributed by atoms with Gasteiger partial charge in [-0.3, -0.25) is 0 Å². The molecular weight excluding hydrogens is 368 g/mol. The van der Waals surface area contributed by atoms with E-state index in [2.05, 4.69) is 20.0 Å². The molecule has 6 nitrogen and oxygen atoms in total. The lowest BCUT2D eigenvalue weighted by Crippen LogP contribution is -1.95. The Labute approximate surface area is 165 Å². The second-order valence-electron chi connectivity index (χ2n) is 5.23. The Morgan fingerprint density at radius 2 is 1.67 bits per heavy atom. The van der Waals surface area contributed by atoms with E-state index in [4.69, 9.17) is 21.1 Å². The zero-order valence-electron chi connectivity index (χ0n) is 16.2. The highest BCUT2D eigenvalue weighted by molar-refractivity contribution is 6.32. The first kappa shape index (κ1) is 22.3. The largest absolute Gasteiger partial charge is 0.497 e. The number of methoxy groups -OCH3 is 2. The maximum Gasteiger partial charge on any atom is 0.137 e. The molecule has 0 aliphatic rings. The minimum absolute atomic E-state index is 0.607. The summed E-state index contributed by atoms with van der Waals surface area (Å²) in [6, 6.07) is 13.3. The van der Waals surface area contributed by atoms with Crippen LogP contribution < -0.4 is 9.47 Å². The molecule has 2 aromatic rings. The number of benzene rings is 2. The summed E-state index contributed by atoms with van der Waals surface area (Å²) >= 11 is 5.94. The van der Waals surface area contributed by atoms with Crippen LogP contribution in [0.15, 0.2) is 52.8 Å². The topological polar surface area (TPSA) is 61.6 Å². The van der Waals surface area contributed by atoms with Gasteiger partial charge in [-0.15, -0.1) is 0 Å². The van der Waals surface area contributed by atoms with Crippen LogP contribution in [0.1, 0.15) is 18.1 Å². The summed E-state index contributed by atoms with van der Waals surface area (Å²) in [4.78, 5) is 9.22. The lowest BCUT2D eigenvalue weighted by atomic mass is 10.1. The molecule has 0 aromatic heterocycles. The Kier molecular flexibility index (Phi) is 10.4. The van der Waals surface area contributed by atoms with Crippen LogP contribution in [0.2, 0.25) is 5.02 Å². The molecule has 0 unspecified atom stereocenters. The Balaban J connectivity index is 0.000000271. The van der Waals surface area contributed by atoms with E-state index in [9.17, 15) is 0 Å². The van der Waals surface area contributed by atoms with Gasteiger partial charge in [-0.25, -0.2) is 0 Å². The minimum atomic E-state index is 0.607. The van der Waals surface area contributed by atoms with Crippen LogP contribution in [0, 0.1) is 0 Å². The average Bonchev–Trinajstić information content (AvgIpc) is 2.69. The van der Waals surface area contributed by atoms with Gasteiger partial charge >= 0.3 is 0 Å². The van der Waals surface area contributed by atoms with E-state index < -0.39 is 0 Å². The Hall–Kier alpha value is -2.73. The van der Waals surface area contributed by atoms with Crippen molar-refractivity contribution in [2.75, 3.05) is 28.4 Å². The number of hydrogen-bond acceptors (Lipinski definition) is 6. The van der Waals surface area contributed by atoms with Crippen LogP contribution in [0.3, 0.4) is 0 Å². The van der Waals surface area contributed by atoms with Crippen molar-refractivity contribution in [2.24, 2.45) is 10.3 Å². The third kappa shape index (κ3) is 8.00. The summed E-state index contributed by atoms with van der Waals surface area (Å²) in [5, 5.41) is 8.07. The molecule has 0 saturated heterocycles. The summed E-state index contributed by atoms with van der Waals surface area (Å²) in [7, 11) is 6.28. The standard InChI is InChI=1S/C10H12ClNO2.C10H13NO2/c1-13-10-4-3-8(7-9(10)11)5-6-12-14-2;1-8(11-13-3)9-4-6-10(12-2)7-5-9/h3-4,6-7H,5H2,1-2H3;4-7H,1-3H3. The number of oxime groups is 2. The number of rotatable bonds is 7. The normalized spacial score (nSPS) is 10.8. The predicted octanol–water partition coefficient (Wildman–Crippen LogP) is 4.59. The Bertz CT molecular complexity index is 746. The van der Waals surface area contributed by atoms with E-state index in [-0.39, 0.29) is 0 Å². The average molecular weight is 393 g/mol. The van der Waals surface area contributed by atoms with E-state index >= 15 is 0 Å². The Morgan fingerprint density at radius 1 is 0.963 bits per heavy atom. The SMILES string of the molecule is CON=C(C)c1ccc(OC)cc1.CON=CCc1ccc(OC)c(Cl)c1. The molecule has 0 spiro atoms. The minimum Gasteiger partial charge on any atom is -0.497 e. The van der Waals surface area contributed by atoms with E-state index in [0.29, 0.717) is 17.2 Å². The van der Waals surface area contributed by atoms with Gasteiger partial charge in [0.1, 0.15) is 25.7 Å². The van der Waals surface area contributed by atoms with Gasteiger partial charge in [0.25, 0.3) is 0 Å². The molecule has 7 heteroatoms. The fourth-order valence-corrected chi connectivity index (χ4v) is 2.36. The van der Waals surface area contributed by atoms with Crippen LogP contribution >= 0.6 is 11.6 Å². The quantitative estimate of drug-likeness (QED) is 0.510. The van der Waals surface area contributed by atoms with Gasteiger partial charge in [-0.2, -0.15) is 0 Å². The molecule has 27 heavy (non-hydrogen) atoms. The molecule has 0 bridgehead atoms. The number of nitrogens with zero attached hydrogens (tertiary/aromatic N) is 2. The molecule has 0 saturated carbocycles. The monoisotopic (exact) mass is 392 g/mol. The third-order valence-corrected chi connectivity index (χ3v) is 3.75. The van der Waals surface area contributed by atoms with E-state index in [1.165, 1.54) is 14.2 Å². The molecule has 0 N–H and O–H groups in total. The molecule has 0 aliphatic carbocycles. The highest BCUT2D eigenvalue weighted by Crippen LogP contribution is 2.24. The summed E-state index contributed by atoms with van der Waals surface area (Å²) in [5.74, 6) is 1.52. The van der Waals surface area contributed by atoms with Crippen molar-refractivity contribution in [3.8, 4) is 11.5 Å². The second kappa shape index (κ2) is 12.6. The summed E-state index contributed by atoms with van der Waals surface area (Å²) in [6.07, 6.45) is 2.37. The van der Waals surface area contributed by atoms with Gasteiger partial charge in [0, 0.05) is 12.6 Å². The van der Waals surface area contributed by atoms with Crippen molar-refractivity contribution in [1.29, 1.82) is 0 Å². The summed E-state index contributed by atoms with van der Waals surface area (Å²) < 4.78 is 10.1. The molecule has 0 fully saturated rings. The lowest BCUT2D eigenvalue weighted by molar-refractivity contribution is 0.213. The fourth-order valence-electron chi connectivity index (χ4n) is 2.08. The number of halogens is 1. The van der Waals surface area contributed by atoms with Gasteiger partial charge in [0.15, 0.2) is 0 Å². The van der Waals surface area contributed by atoms with E-state index in [0.717, 1.165) is 22.6 Å². The molecule has 0 atom stereocenters. The number of hydrogen-bond donors (Lipinski definition) is 0. The van der Waals surface area contributed by atoms with Gasteiger partial charge < -0.3 is 19.1 Å². The van der Waals surface area contributed by atoms with E-state index in [1.54, 1.807) is 20.4 Å². The van der Waals surface area contributed by atoms with Gasteiger partial charge in [0.2, 0.25) is 0 Å². The van der Waals surface area contributed by atoms with Crippen LogP contribution in [0.5, 0.6) is 11.5 Å². The van der Waals surface area contributed by atoms with E-state index in [1.807, 2.05) is 49.4 Å². The maximum atomic E-state index is 5.94. The molecular formula is C20H25ClN2O4.